The number of benzene rings is 1. The summed E-state index contributed by atoms with van der Waals surface area (Å²) in [4.78, 5) is 4.14. The first-order chi connectivity index (χ1) is 7.81. The van der Waals surface area contributed by atoms with E-state index in [9.17, 15) is 4.39 Å². The monoisotopic (exact) mass is 217 g/mol. The molecule has 0 saturated heterocycles. The van der Waals surface area contributed by atoms with Crippen molar-refractivity contribution in [1.29, 1.82) is 0 Å². The molecule has 16 heavy (non-hydrogen) atoms. The lowest BCUT2D eigenvalue weighted by Gasteiger charge is -2.08. The fourth-order valence-corrected chi connectivity index (χ4v) is 1.43. The molecule has 0 saturated carbocycles. The molecule has 4 heteroatoms. The third-order valence-electron chi connectivity index (χ3n) is 2.13. The molecule has 1 heterocycles. The summed E-state index contributed by atoms with van der Waals surface area (Å²) in [5, 5.41) is 3.07. The molecule has 1 N–H and O–H groups in total. The SMILES string of the molecule is C=CCNc1nccn1-c1cccc(F)c1. The largest absolute Gasteiger partial charge is 0.352 e. The maximum atomic E-state index is 13.1. The summed E-state index contributed by atoms with van der Waals surface area (Å²) >= 11 is 0. The van der Waals surface area contributed by atoms with Gasteiger partial charge in [0.2, 0.25) is 5.95 Å². The molecule has 0 atom stereocenters. The van der Waals surface area contributed by atoms with Gasteiger partial charge in [0, 0.05) is 18.9 Å². The van der Waals surface area contributed by atoms with E-state index < -0.39 is 0 Å². The van der Waals surface area contributed by atoms with Crippen molar-refractivity contribution in [3.8, 4) is 5.69 Å². The van der Waals surface area contributed by atoms with Crippen LogP contribution in [0.4, 0.5) is 10.3 Å². The van der Waals surface area contributed by atoms with Crippen molar-refractivity contribution in [2.45, 2.75) is 0 Å². The molecular formula is C12H12FN3. The van der Waals surface area contributed by atoms with Crippen LogP contribution in [0.5, 0.6) is 0 Å². The fourth-order valence-electron chi connectivity index (χ4n) is 1.43. The molecule has 2 rings (SSSR count). The summed E-state index contributed by atoms with van der Waals surface area (Å²) in [6.45, 7) is 4.23. The lowest BCUT2D eigenvalue weighted by Crippen LogP contribution is -2.05. The Kier molecular flexibility index (Phi) is 3.00. The average Bonchev–Trinajstić information content (AvgIpc) is 2.74. The Balaban J connectivity index is 2.32. The van der Waals surface area contributed by atoms with E-state index in [1.807, 2.05) is 6.07 Å². The van der Waals surface area contributed by atoms with E-state index in [-0.39, 0.29) is 5.82 Å². The number of hydrogen-bond donors (Lipinski definition) is 1. The third-order valence-corrected chi connectivity index (χ3v) is 2.13. The van der Waals surface area contributed by atoms with Crippen molar-refractivity contribution in [2.24, 2.45) is 0 Å². The van der Waals surface area contributed by atoms with E-state index in [0.717, 1.165) is 5.69 Å². The Hall–Kier alpha value is -2.10. The van der Waals surface area contributed by atoms with E-state index in [4.69, 9.17) is 0 Å². The highest BCUT2D eigenvalue weighted by Gasteiger charge is 2.03. The van der Waals surface area contributed by atoms with Crippen LogP contribution in [0.2, 0.25) is 0 Å². The van der Waals surface area contributed by atoms with Crippen LogP contribution >= 0.6 is 0 Å². The number of anilines is 1. The van der Waals surface area contributed by atoms with Crippen LogP contribution in [0.15, 0.2) is 49.3 Å². The Morgan fingerprint density at radius 2 is 2.38 bits per heavy atom. The van der Waals surface area contributed by atoms with Crippen molar-refractivity contribution < 1.29 is 4.39 Å². The molecule has 0 aliphatic rings. The van der Waals surface area contributed by atoms with Crippen molar-refractivity contribution in [2.75, 3.05) is 11.9 Å². The molecule has 1 aromatic carbocycles. The number of hydrogen-bond acceptors (Lipinski definition) is 2. The van der Waals surface area contributed by atoms with Gasteiger partial charge in [0.25, 0.3) is 0 Å². The Morgan fingerprint density at radius 3 is 3.12 bits per heavy atom. The third kappa shape index (κ3) is 2.11. The average molecular weight is 217 g/mol. The second-order valence-corrected chi connectivity index (χ2v) is 3.27. The van der Waals surface area contributed by atoms with Gasteiger partial charge in [-0.15, -0.1) is 6.58 Å². The van der Waals surface area contributed by atoms with Gasteiger partial charge in [-0.25, -0.2) is 9.37 Å². The lowest BCUT2D eigenvalue weighted by molar-refractivity contribution is 0.626. The standard InChI is InChI=1S/C12H12FN3/c1-2-6-14-12-15-7-8-16(12)11-5-3-4-10(13)9-11/h2-5,7-9H,1,6H2,(H,14,15). The predicted molar refractivity (Wildman–Crippen MR) is 62.2 cm³/mol. The van der Waals surface area contributed by atoms with Crippen LogP contribution in [-0.2, 0) is 0 Å². The quantitative estimate of drug-likeness (QED) is 0.798. The second kappa shape index (κ2) is 4.61. The molecule has 0 bridgehead atoms. The zero-order valence-corrected chi connectivity index (χ0v) is 8.73. The van der Waals surface area contributed by atoms with Gasteiger partial charge in [-0.2, -0.15) is 0 Å². The van der Waals surface area contributed by atoms with Gasteiger partial charge in [-0.3, -0.25) is 4.57 Å². The highest BCUT2D eigenvalue weighted by molar-refractivity contribution is 5.42. The van der Waals surface area contributed by atoms with Gasteiger partial charge >= 0.3 is 0 Å². The summed E-state index contributed by atoms with van der Waals surface area (Å²) in [5.74, 6) is 0.409. The predicted octanol–water partition coefficient (Wildman–Crippen LogP) is 2.61. The Labute approximate surface area is 93.2 Å². The van der Waals surface area contributed by atoms with Gasteiger partial charge < -0.3 is 5.32 Å². The number of imidazole rings is 1. The first-order valence-corrected chi connectivity index (χ1v) is 4.95. The summed E-state index contributed by atoms with van der Waals surface area (Å²) in [7, 11) is 0. The van der Waals surface area contributed by atoms with Crippen LogP contribution < -0.4 is 5.32 Å². The van der Waals surface area contributed by atoms with Gasteiger partial charge in [0.1, 0.15) is 5.82 Å². The van der Waals surface area contributed by atoms with Crippen LogP contribution in [0.25, 0.3) is 5.69 Å². The number of aromatic nitrogens is 2. The van der Waals surface area contributed by atoms with Crippen molar-refractivity contribution in [3.05, 3.63) is 55.1 Å². The van der Waals surface area contributed by atoms with E-state index >= 15 is 0 Å². The minimum Gasteiger partial charge on any atom is -0.352 e. The normalized spacial score (nSPS) is 10.1. The molecule has 0 radical (unpaired) electrons. The highest BCUT2D eigenvalue weighted by atomic mass is 19.1. The minimum absolute atomic E-state index is 0.263. The van der Waals surface area contributed by atoms with Crippen LogP contribution in [0.3, 0.4) is 0 Å². The summed E-state index contributed by atoms with van der Waals surface area (Å²) in [5.41, 5.74) is 0.740. The lowest BCUT2D eigenvalue weighted by atomic mass is 10.3. The van der Waals surface area contributed by atoms with Crippen molar-refractivity contribution >= 4 is 5.95 Å². The van der Waals surface area contributed by atoms with Crippen LogP contribution in [0.1, 0.15) is 0 Å². The summed E-state index contributed by atoms with van der Waals surface area (Å²) in [6.07, 6.45) is 5.18. The number of halogens is 1. The second-order valence-electron chi connectivity index (χ2n) is 3.27. The van der Waals surface area contributed by atoms with Crippen molar-refractivity contribution in [3.63, 3.8) is 0 Å². The van der Waals surface area contributed by atoms with Crippen LogP contribution in [0, 0.1) is 5.82 Å². The molecule has 0 unspecified atom stereocenters. The first-order valence-electron chi connectivity index (χ1n) is 4.95. The van der Waals surface area contributed by atoms with Gasteiger partial charge in [-0.1, -0.05) is 12.1 Å². The summed E-state index contributed by atoms with van der Waals surface area (Å²) in [6, 6.07) is 6.36. The molecule has 1 aromatic heterocycles. The topological polar surface area (TPSA) is 29.9 Å². The Bertz CT molecular complexity index is 491. The molecule has 82 valence electrons. The fraction of sp³-hybridized carbons (Fsp3) is 0.0833. The Morgan fingerprint density at radius 1 is 1.50 bits per heavy atom. The molecule has 0 fully saturated rings. The maximum absolute atomic E-state index is 13.1. The van der Waals surface area contributed by atoms with Crippen molar-refractivity contribution in [1.82, 2.24) is 9.55 Å². The van der Waals surface area contributed by atoms with Gasteiger partial charge in [0.05, 0.1) is 5.69 Å². The van der Waals surface area contributed by atoms with E-state index in [2.05, 4.69) is 16.9 Å². The van der Waals surface area contributed by atoms with Crippen LogP contribution in [-0.4, -0.2) is 16.1 Å². The van der Waals surface area contributed by atoms with E-state index in [0.29, 0.717) is 12.5 Å². The zero-order chi connectivity index (χ0) is 11.4. The molecule has 0 spiro atoms. The van der Waals surface area contributed by atoms with Gasteiger partial charge in [-0.05, 0) is 18.2 Å². The molecule has 3 nitrogen and oxygen atoms in total. The maximum Gasteiger partial charge on any atom is 0.207 e. The molecule has 2 aromatic rings. The molecule has 0 aliphatic heterocycles. The van der Waals surface area contributed by atoms with Gasteiger partial charge in [0.15, 0.2) is 0 Å². The number of nitrogens with one attached hydrogen (secondary N) is 1. The highest BCUT2D eigenvalue weighted by Crippen LogP contribution is 2.14. The summed E-state index contributed by atoms with van der Waals surface area (Å²) < 4.78 is 14.9. The molecular weight excluding hydrogens is 205 g/mol. The minimum atomic E-state index is -0.263. The smallest absolute Gasteiger partial charge is 0.207 e. The van der Waals surface area contributed by atoms with E-state index in [1.165, 1.54) is 12.1 Å². The first kappa shape index (κ1) is 10.4. The number of nitrogens with zero attached hydrogens (tertiary/aromatic N) is 2. The van der Waals surface area contributed by atoms with E-state index in [1.54, 1.807) is 29.1 Å². The number of rotatable bonds is 4. The zero-order valence-electron chi connectivity index (χ0n) is 8.73. The molecule has 0 aliphatic carbocycles. The molecule has 0 amide bonds.